The van der Waals surface area contributed by atoms with E-state index in [0.717, 1.165) is 24.6 Å². The van der Waals surface area contributed by atoms with Crippen LogP contribution < -0.4 is 10.6 Å². The smallest absolute Gasteiger partial charge is 0.322 e. The van der Waals surface area contributed by atoms with Crippen LogP contribution in [0.15, 0.2) is 48.5 Å². The quantitative estimate of drug-likeness (QED) is 0.505. The first-order valence-corrected chi connectivity index (χ1v) is 11.5. The third-order valence-electron chi connectivity index (χ3n) is 6.88. The lowest BCUT2D eigenvalue weighted by Gasteiger charge is -2.32. The van der Waals surface area contributed by atoms with E-state index in [1.54, 1.807) is 0 Å². The summed E-state index contributed by atoms with van der Waals surface area (Å²) in [4.78, 5) is 15.0. The van der Waals surface area contributed by atoms with Crippen LogP contribution in [-0.2, 0) is 6.18 Å². The summed E-state index contributed by atoms with van der Waals surface area (Å²) in [5, 5.41) is 6.51. The molecule has 2 atom stereocenters. The average molecular weight is 516 g/mol. The lowest BCUT2D eigenvalue weighted by molar-refractivity contribution is -0.137. The van der Waals surface area contributed by atoms with Gasteiger partial charge in [0.2, 0.25) is 0 Å². The first kappa shape index (κ1) is 26.8. The number of alkyl halides is 3. The lowest BCUT2D eigenvalue weighted by atomic mass is 10.0. The lowest BCUT2D eigenvalue weighted by Crippen LogP contribution is -2.44. The number of nitrogens with zero attached hydrogens (tertiary/aromatic N) is 1. The molecule has 2 saturated carbocycles. The molecule has 1 aliphatic heterocycles. The molecule has 4 nitrogen and oxygen atoms in total. The van der Waals surface area contributed by atoms with Crippen molar-refractivity contribution in [2.24, 2.45) is 0 Å². The van der Waals surface area contributed by atoms with E-state index in [1.807, 2.05) is 24.3 Å². The summed E-state index contributed by atoms with van der Waals surface area (Å²) in [7, 11) is 0. The van der Waals surface area contributed by atoms with Gasteiger partial charge in [-0.15, -0.1) is 24.8 Å². The Morgan fingerprint density at radius 3 is 2.24 bits per heavy atom. The highest BCUT2D eigenvalue weighted by molar-refractivity contribution is 6.04. The molecule has 1 heterocycles. The van der Waals surface area contributed by atoms with Gasteiger partial charge >= 0.3 is 6.18 Å². The van der Waals surface area contributed by atoms with E-state index in [-0.39, 0.29) is 30.4 Å². The van der Waals surface area contributed by atoms with Crippen molar-refractivity contribution in [3.05, 3.63) is 65.2 Å². The molecule has 0 unspecified atom stereocenters. The Kier molecular flexibility index (Phi) is 8.56. The number of hydrogen-bond donors (Lipinski definition) is 2. The maximum absolute atomic E-state index is 12.9. The Morgan fingerprint density at radius 1 is 0.941 bits per heavy atom. The minimum Gasteiger partial charge on any atom is -0.322 e. The van der Waals surface area contributed by atoms with Gasteiger partial charge in [0, 0.05) is 35.3 Å². The maximum atomic E-state index is 12.9. The number of likely N-dealkylation sites (tertiary alicyclic amines) is 1. The van der Waals surface area contributed by atoms with Crippen LogP contribution in [0.1, 0.15) is 59.5 Å². The number of rotatable bonds is 6. The number of nitrogens with one attached hydrogen (secondary N) is 2. The summed E-state index contributed by atoms with van der Waals surface area (Å²) < 4.78 is 38.6. The van der Waals surface area contributed by atoms with Gasteiger partial charge in [0.1, 0.15) is 0 Å². The van der Waals surface area contributed by atoms with Gasteiger partial charge in [-0.25, -0.2) is 0 Å². The standard InChI is InChI=1S/C25H28F3N3O.2ClH/c26-25(27,28)18-3-1-2-17(14-18)24(32)30-19-6-4-16(5-7-19)22-15-23(22)29-20-10-12-31(13-11-20)21-8-9-21;;/h1-7,14,20-23,29H,8-13,15H2,(H,30,32);2*1H/t22-,23+;;/m0../s1. The highest BCUT2D eigenvalue weighted by Crippen LogP contribution is 2.42. The number of hydrogen-bond acceptors (Lipinski definition) is 3. The van der Waals surface area contributed by atoms with Crippen molar-refractivity contribution in [3.63, 3.8) is 0 Å². The van der Waals surface area contributed by atoms with Crippen molar-refractivity contribution in [2.75, 3.05) is 18.4 Å². The van der Waals surface area contributed by atoms with Gasteiger partial charge in [0.15, 0.2) is 0 Å². The largest absolute Gasteiger partial charge is 0.416 e. The molecular weight excluding hydrogens is 486 g/mol. The highest BCUT2D eigenvalue weighted by Gasteiger charge is 2.40. The summed E-state index contributed by atoms with van der Waals surface area (Å²) in [5.41, 5.74) is 0.970. The van der Waals surface area contributed by atoms with Gasteiger partial charge in [0.25, 0.3) is 5.91 Å². The maximum Gasteiger partial charge on any atom is 0.416 e. The predicted molar refractivity (Wildman–Crippen MR) is 132 cm³/mol. The van der Waals surface area contributed by atoms with Crippen LogP contribution in [0.5, 0.6) is 0 Å². The van der Waals surface area contributed by atoms with E-state index in [2.05, 4.69) is 15.5 Å². The zero-order chi connectivity index (χ0) is 22.3. The molecule has 0 spiro atoms. The van der Waals surface area contributed by atoms with Crippen LogP contribution >= 0.6 is 24.8 Å². The fourth-order valence-electron chi connectivity index (χ4n) is 4.77. The van der Waals surface area contributed by atoms with Gasteiger partial charge in [0.05, 0.1) is 5.56 Å². The number of halogens is 5. The van der Waals surface area contributed by atoms with Crippen molar-refractivity contribution in [2.45, 2.75) is 62.3 Å². The molecule has 2 aliphatic carbocycles. The molecule has 3 fully saturated rings. The number of amides is 1. The summed E-state index contributed by atoms with van der Waals surface area (Å²) in [6.07, 6.45) is 1.85. The average Bonchev–Trinajstić information content (AvgIpc) is 3.70. The van der Waals surface area contributed by atoms with Crippen molar-refractivity contribution in [1.29, 1.82) is 0 Å². The van der Waals surface area contributed by atoms with E-state index < -0.39 is 17.6 Å². The van der Waals surface area contributed by atoms with Gasteiger partial charge in [-0.05, 0) is 81.1 Å². The van der Waals surface area contributed by atoms with E-state index in [0.29, 0.717) is 23.7 Å². The van der Waals surface area contributed by atoms with Gasteiger partial charge in [-0.3, -0.25) is 4.79 Å². The SMILES string of the molecule is Cl.Cl.O=C(Nc1ccc([C@@H]2C[C@H]2NC2CCN(C3CC3)CC2)cc1)c1cccc(C(F)(F)F)c1. The Labute approximate surface area is 210 Å². The zero-order valence-electron chi connectivity index (χ0n) is 18.7. The molecule has 3 aliphatic rings. The fourth-order valence-corrected chi connectivity index (χ4v) is 4.77. The molecule has 2 N–H and O–H groups in total. The van der Waals surface area contributed by atoms with Crippen LogP contribution in [0.3, 0.4) is 0 Å². The molecule has 0 bridgehead atoms. The molecule has 2 aromatic carbocycles. The normalized spacial score (nSPS) is 22.9. The van der Waals surface area contributed by atoms with Crippen LogP contribution in [0.4, 0.5) is 18.9 Å². The molecule has 2 aromatic rings. The molecule has 186 valence electrons. The molecule has 0 radical (unpaired) electrons. The van der Waals surface area contributed by atoms with E-state index >= 15 is 0 Å². The molecule has 1 amide bonds. The van der Waals surface area contributed by atoms with Crippen LogP contribution in [-0.4, -0.2) is 42.0 Å². The van der Waals surface area contributed by atoms with E-state index in [9.17, 15) is 18.0 Å². The molecule has 1 saturated heterocycles. The second kappa shape index (κ2) is 10.9. The minimum absolute atomic E-state index is 0. The third kappa shape index (κ3) is 6.45. The monoisotopic (exact) mass is 515 g/mol. The van der Waals surface area contributed by atoms with Gasteiger partial charge in [-0.2, -0.15) is 13.2 Å². The van der Waals surface area contributed by atoms with Crippen molar-refractivity contribution < 1.29 is 18.0 Å². The number of carbonyl (C=O) groups is 1. The molecular formula is C25H30Cl2F3N3O. The Bertz CT molecular complexity index is 974. The van der Waals surface area contributed by atoms with Crippen LogP contribution in [0.2, 0.25) is 0 Å². The fraction of sp³-hybridized carbons (Fsp3) is 0.480. The molecule has 9 heteroatoms. The van der Waals surface area contributed by atoms with Gasteiger partial charge in [-0.1, -0.05) is 18.2 Å². The first-order valence-electron chi connectivity index (χ1n) is 11.5. The summed E-state index contributed by atoms with van der Waals surface area (Å²) in [6, 6.07) is 14.1. The summed E-state index contributed by atoms with van der Waals surface area (Å²) >= 11 is 0. The van der Waals surface area contributed by atoms with Crippen LogP contribution in [0, 0.1) is 0 Å². The molecule has 5 rings (SSSR count). The van der Waals surface area contributed by atoms with Gasteiger partial charge < -0.3 is 15.5 Å². The second-order valence-corrected chi connectivity index (χ2v) is 9.31. The minimum atomic E-state index is -4.47. The van der Waals surface area contributed by atoms with Crippen molar-refractivity contribution in [3.8, 4) is 0 Å². The molecule has 34 heavy (non-hydrogen) atoms. The first-order chi connectivity index (χ1) is 15.4. The Morgan fingerprint density at radius 2 is 1.62 bits per heavy atom. The topological polar surface area (TPSA) is 44.4 Å². The van der Waals surface area contributed by atoms with E-state index in [1.165, 1.54) is 56.5 Å². The van der Waals surface area contributed by atoms with E-state index in [4.69, 9.17) is 0 Å². The molecule has 0 aromatic heterocycles. The number of piperidine rings is 1. The van der Waals surface area contributed by atoms with Crippen LogP contribution in [0.25, 0.3) is 0 Å². The predicted octanol–water partition coefficient (Wildman–Crippen LogP) is 5.87. The number of anilines is 1. The highest BCUT2D eigenvalue weighted by atomic mass is 35.5. The second-order valence-electron chi connectivity index (χ2n) is 9.31. The zero-order valence-corrected chi connectivity index (χ0v) is 20.3. The third-order valence-corrected chi connectivity index (χ3v) is 6.88. The number of benzene rings is 2. The number of carbonyl (C=O) groups excluding carboxylic acids is 1. The Hall–Kier alpha value is -1.80. The van der Waals surface area contributed by atoms with Crippen molar-refractivity contribution in [1.82, 2.24) is 10.2 Å². The summed E-state index contributed by atoms with van der Waals surface area (Å²) in [5.74, 6) is -0.0583. The summed E-state index contributed by atoms with van der Waals surface area (Å²) in [6.45, 7) is 2.42. The Balaban J connectivity index is 0.00000162. The van der Waals surface area contributed by atoms with Crippen molar-refractivity contribution >= 4 is 36.4 Å².